The predicted octanol–water partition coefficient (Wildman–Crippen LogP) is 4.92. The van der Waals surface area contributed by atoms with Crippen LogP contribution in [0.3, 0.4) is 0 Å². The van der Waals surface area contributed by atoms with E-state index in [1.807, 2.05) is 58.9 Å². The van der Waals surface area contributed by atoms with Gasteiger partial charge in [-0.25, -0.2) is 0 Å². The van der Waals surface area contributed by atoms with Gasteiger partial charge in [0.15, 0.2) is 0 Å². The van der Waals surface area contributed by atoms with Gasteiger partial charge in [0, 0.05) is 5.82 Å². The van der Waals surface area contributed by atoms with Gasteiger partial charge in [0.25, 0.3) is 0 Å². The number of esters is 1. The van der Waals surface area contributed by atoms with Gasteiger partial charge in [-0.15, -0.1) is 0 Å². The van der Waals surface area contributed by atoms with Crippen LogP contribution in [0.1, 0.15) is 78.6 Å². The van der Waals surface area contributed by atoms with Crippen LogP contribution in [0.2, 0.25) is 0 Å². The molecular weight excluding hydrogens is 355 g/mol. The molecule has 0 spiro atoms. The molecule has 0 radical (unpaired) electrons. The second-order valence-corrected chi connectivity index (χ2v) is 8.36. The fourth-order valence-electron chi connectivity index (χ4n) is 3.18. The van der Waals surface area contributed by atoms with Gasteiger partial charge in [-0.2, -0.15) is 0 Å². The van der Waals surface area contributed by atoms with Crippen molar-refractivity contribution in [1.29, 1.82) is 0 Å². The minimum atomic E-state index is -0.509. The fraction of sp³-hybridized carbons (Fsp3) is 0.682. The molecule has 5 nitrogen and oxygen atoms in total. The second-order valence-electron chi connectivity index (χ2n) is 8.36. The van der Waals surface area contributed by atoms with Gasteiger partial charge in [-0.3, -0.25) is 4.79 Å². The van der Waals surface area contributed by atoms with Gasteiger partial charge >= 0.3 is 13.1 Å². The number of carbonyl (C=O) groups is 1. The van der Waals surface area contributed by atoms with Crippen molar-refractivity contribution in [2.45, 2.75) is 84.2 Å². The Kier molecular flexibility index (Phi) is 7.96. The van der Waals surface area contributed by atoms with E-state index in [9.17, 15) is 4.79 Å². The number of carbonyl (C=O) groups excluding carboxylic acids is 1. The lowest BCUT2D eigenvalue weighted by Gasteiger charge is -2.32. The second kappa shape index (κ2) is 9.79. The molecule has 156 valence electrons. The maximum absolute atomic E-state index is 12.2. The normalized spacial score (nSPS) is 18.7. The lowest BCUT2D eigenvalue weighted by atomic mass is 9.66. The highest BCUT2D eigenvalue weighted by Gasteiger charge is 2.54. The van der Waals surface area contributed by atoms with Crippen LogP contribution in [0.5, 0.6) is 5.75 Å². The average molecular weight is 390 g/mol. The van der Waals surface area contributed by atoms with Gasteiger partial charge in [0.2, 0.25) is 0 Å². The Bertz CT molecular complexity index is 610. The topological polar surface area (TPSA) is 54.0 Å². The summed E-state index contributed by atoms with van der Waals surface area (Å²) in [5.74, 6) is 0.347. The first-order valence-electron chi connectivity index (χ1n) is 10.4. The highest BCUT2D eigenvalue weighted by Crippen LogP contribution is 2.42. The molecule has 28 heavy (non-hydrogen) atoms. The van der Waals surface area contributed by atoms with Crippen LogP contribution < -0.4 is 4.74 Å². The van der Waals surface area contributed by atoms with E-state index in [1.54, 1.807) is 0 Å². The summed E-state index contributed by atoms with van der Waals surface area (Å²) in [5.41, 5.74) is 0.0762. The number of ether oxygens (including phenoxy) is 2. The lowest BCUT2D eigenvalue weighted by Crippen LogP contribution is -2.41. The maximum Gasteiger partial charge on any atom is 0.466 e. The third-order valence-corrected chi connectivity index (χ3v) is 5.62. The van der Waals surface area contributed by atoms with Crippen molar-refractivity contribution in [3.63, 3.8) is 0 Å². The molecule has 0 aromatic heterocycles. The van der Waals surface area contributed by atoms with Crippen LogP contribution in [0.25, 0.3) is 0 Å². The van der Waals surface area contributed by atoms with Crippen LogP contribution in [-0.4, -0.2) is 37.5 Å². The molecule has 0 aliphatic carbocycles. The molecule has 1 unspecified atom stereocenters. The summed E-state index contributed by atoms with van der Waals surface area (Å²) in [7, 11) is -0.509. The van der Waals surface area contributed by atoms with Crippen LogP contribution in [-0.2, 0) is 18.8 Å². The number of hydrogen-bond donors (Lipinski definition) is 0. The summed E-state index contributed by atoms with van der Waals surface area (Å²) in [6.45, 7) is 13.1. The summed E-state index contributed by atoms with van der Waals surface area (Å²) < 4.78 is 23.4. The molecule has 1 aliphatic rings. The molecule has 0 N–H and O–H groups in total. The summed E-state index contributed by atoms with van der Waals surface area (Å²) in [4.78, 5) is 12.2. The van der Waals surface area contributed by atoms with E-state index in [4.69, 9.17) is 18.8 Å². The maximum atomic E-state index is 12.2. The zero-order valence-corrected chi connectivity index (χ0v) is 18.2. The van der Waals surface area contributed by atoms with E-state index >= 15 is 0 Å². The van der Waals surface area contributed by atoms with E-state index in [-0.39, 0.29) is 18.2 Å². The molecule has 1 atom stereocenters. The summed E-state index contributed by atoms with van der Waals surface area (Å²) in [6, 6.07) is 7.88. The first-order valence-corrected chi connectivity index (χ1v) is 10.4. The molecule has 1 fully saturated rings. The van der Waals surface area contributed by atoms with Crippen molar-refractivity contribution < 1.29 is 23.6 Å². The monoisotopic (exact) mass is 390 g/mol. The molecule has 0 amide bonds. The Hall–Kier alpha value is -1.53. The Labute approximate surface area is 170 Å². The van der Waals surface area contributed by atoms with Crippen LogP contribution in [0.4, 0.5) is 0 Å². The SMILES string of the molecule is CCCCCOc1ccc(C(CC(=O)OCC)B2OC(C)(C)C(C)(C)O2)cc1. The van der Waals surface area contributed by atoms with Gasteiger partial charge in [-0.1, -0.05) is 31.9 Å². The largest absolute Gasteiger partial charge is 0.494 e. The first kappa shape index (κ1) is 22.8. The molecule has 1 aliphatic heterocycles. The molecule has 0 saturated carbocycles. The van der Waals surface area contributed by atoms with Crippen molar-refractivity contribution in [3.05, 3.63) is 29.8 Å². The van der Waals surface area contributed by atoms with Gasteiger partial charge in [-0.05, 0) is 58.7 Å². The van der Waals surface area contributed by atoms with Gasteiger partial charge in [0.1, 0.15) is 5.75 Å². The van der Waals surface area contributed by atoms with Gasteiger partial charge in [0.05, 0.1) is 30.8 Å². The van der Waals surface area contributed by atoms with Crippen molar-refractivity contribution >= 4 is 13.1 Å². The molecule has 0 bridgehead atoms. The molecule has 1 aromatic rings. The number of hydrogen-bond acceptors (Lipinski definition) is 5. The molecular formula is C22H35BO5. The van der Waals surface area contributed by atoms with E-state index in [2.05, 4.69) is 6.92 Å². The highest BCUT2D eigenvalue weighted by molar-refractivity contribution is 6.48. The van der Waals surface area contributed by atoms with Crippen molar-refractivity contribution in [2.75, 3.05) is 13.2 Å². The zero-order valence-electron chi connectivity index (χ0n) is 18.2. The average Bonchev–Trinajstić information content (AvgIpc) is 2.85. The Morgan fingerprint density at radius 1 is 1.04 bits per heavy atom. The smallest absolute Gasteiger partial charge is 0.466 e. The van der Waals surface area contributed by atoms with Crippen LogP contribution in [0, 0.1) is 0 Å². The van der Waals surface area contributed by atoms with Crippen molar-refractivity contribution in [3.8, 4) is 5.75 Å². The van der Waals surface area contributed by atoms with Crippen molar-refractivity contribution in [2.24, 2.45) is 0 Å². The van der Waals surface area contributed by atoms with E-state index in [1.165, 1.54) is 12.8 Å². The summed E-state index contributed by atoms with van der Waals surface area (Å²) in [6.07, 6.45) is 3.60. The molecule has 2 rings (SSSR count). The van der Waals surface area contributed by atoms with Crippen molar-refractivity contribution in [1.82, 2.24) is 0 Å². The molecule has 6 heteroatoms. The third-order valence-electron chi connectivity index (χ3n) is 5.62. The van der Waals surface area contributed by atoms with E-state index < -0.39 is 18.3 Å². The standard InChI is InChI=1S/C22H35BO5/c1-7-9-10-15-26-18-13-11-17(12-14-18)19(16-20(24)25-8-2)23-27-21(3,4)22(5,6)28-23/h11-14,19H,7-10,15-16H2,1-6H3. The lowest BCUT2D eigenvalue weighted by molar-refractivity contribution is -0.143. The number of rotatable bonds is 10. The first-order chi connectivity index (χ1) is 13.2. The fourth-order valence-corrected chi connectivity index (χ4v) is 3.18. The predicted molar refractivity (Wildman–Crippen MR) is 112 cm³/mol. The van der Waals surface area contributed by atoms with E-state index in [0.29, 0.717) is 6.61 Å². The summed E-state index contributed by atoms with van der Waals surface area (Å²) >= 11 is 0. The van der Waals surface area contributed by atoms with Crippen LogP contribution >= 0.6 is 0 Å². The van der Waals surface area contributed by atoms with Gasteiger partial charge < -0.3 is 18.8 Å². The third kappa shape index (κ3) is 5.74. The minimum Gasteiger partial charge on any atom is -0.494 e. The number of unbranched alkanes of at least 4 members (excludes halogenated alkanes) is 2. The van der Waals surface area contributed by atoms with Crippen LogP contribution in [0.15, 0.2) is 24.3 Å². The molecule has 1 aromatic carbocycles. The quantitative estimate of drug-likeness (QED) is 0.322. The Balaban J connectivity index is 2.14. The molecule has 1 saturated heterocycles. The molecule has 1 heterocycles. The zero-order chi connectivity index (χ0) is 20.8. The Morgan fingerprint density at radius 3 is 2.18 bits per heavy atom. The number of benzene rings is 1. The highest BCUT2D eigenvalue weighted by atomic mass is 16.7. The summed E-state index contributed by atoms with van der Waals surface area (Å²) in [5, 5.41) is 0. The minimum absolute atomic E-state index is 0.210. The Morgan fingerprint density at radius 2 is 1.64 bits per heavy atom. The van der Waals surface area contributed by atoms with E-state index in [0.717, 1.165) is 24.3 Å².